The molecule has 0 aromatic heterocycles. The van der Waals surface area contributed by atoms with Gasteiger partial charge >= 0.3 is 0 Å². The minimum absolute atomic E-state index is 0.271. The van der Waals surface area contributed by atoms with Gasteiger partial charge in [0.1, 0.15) is 17.4 Å². The molecule has 0 N–H and O–H groups in total. The highest BCUT2D eigenvalue weighted by Gasteiger charge is 2.21. The van der Waals surface area contributed by atoms with Gasteiger partial charge in [-0.15, -0.1) is 0 Å². The lowest BCUT2D eigenvalue weighted by molar-refractivity contribution is 0.103. The molecule has 2 aromatic rings. The van der Waals surface area contributed by atoms with Crippen LogP contribution in [0.1, 0.15) is 27.0 Å². The van der Waals surface area contributed by atoms with Crippen molar-refractivity contribution in [3.05, 3.63) is 64.2 Å². The number of carbonyl (C=O) groups is 1. The number of carbonyl (C=O) groups excluding carboxylic acids is 1. The number of hydrogen-bond donors (Lipinski definition) is 0. The van der Waals surface area contributed by atoms with E-state index in [-0.39, 0.29) is 5.56 Å². The Bertz CT molecular complexity index is 658. The SMILES string of the molecule is COc1cc(C)c(C(=O)c2c(F)cccc2F)cc1C. The largest absolute Gasteiger partial charge is 0.496 e. The van der Waals surface area contributed by atoms with E-state index in [2.05, 4.69) is 0 Å². The Morgan fingerprint density at radius 1 is 1.05 bits per heavy atom. The van der Waals surface area contributed by atoms with Crippen molar-refractivity contribution < 1.29 is 18.3 Å². The van der Waals surface area contributed by atoms with Crippen LogP contribution in [-0.4, -0.2) is 12.9 Å². The molecule has 0 heterocycles. The van der Waals surface area contributed by atoms with Crippen LogP contribution in [0.2, 0.25) is 0 Å². The van der Waals surface area contributed by atoms with Crippen LogP contribution in [-0.2, 0) is 0 Å². The zero-order chi connectivity index (χ0) is 14.9. The second kappa shape index (κ2) is 5.41. The molecule has 0 spiro atoms. The molecule has 0 amide bonds. The second-order valence-corrected chi connectivity index (χ2v) is 4.56. The molecule has 0 saturated heterocycles. The summed E-state index contributed by atoms with van der Waals surface area (Å²) in [5, 5.41) is 0. The van der Waals surface area contributed by atoms with Gasteiger partial charge in [-0.25, -0.2) is 8.78 Å². The minimum atomic E-state index is -0.858. The highest BCUT2D eigenvalue weighted by atomic mass is 19.1. The molecule has 0 unspecified atom stereocenters. The maximum Gasteiger partial charge on any atom is 0.199 e. The quantitative estimate of drug-likeness (QED) is 0.797. The summed E-state index contributed by atoms with van der Waals surface area (Å²) in [6.07, 6.45) is 0. The number of ether oxygens (including phenoxy) is 1. The Morgan fingerprint density at radius 2 is 1.65 bits per heavy atom. The van der Waals surface area contributed by atoms with E-state index < -0.39 is 23.0 Å². The molecule has 0 aliphatic rings. The number of benzene rings is 2. The van der Waals surface area contributed by atoms with E-state index in [1.165, 1.54) is 13.2 Å². The molecule has 0 saturated carbocycles. The van der Waals surface area contributed by atoms with Gasteiger partial charge in [-0.2, -0.15) is 0 Å². The summed E-state index contributed by atoms with van der Waals surface area (Å²) >= 11 is 0. The second-order valence-electron chi connectivity index (χ2n) is 4.56. The molecule has 104 valence electrons. The summed E-state index contributed by atoms with van der Waals surface area (Å²) in [6, 6.07) is 6.64. The Hall–Kier alpha value is -2.23. The van der Waals surface area contributed by atoms with Crippen molar-refractivity contribution in [2.75, 3.05) is 7.11 Å². The standard InChI is InChI=1S/C16H14F2O2/c1-9-8-14(20-3)10(2)7-11(9)16(19)15-12(17)5-4-6-13(15)18/h4-8H,1-3H3. The van der Waals surface area contributed by atoms with Crippen molar-refractivity contribution in [1.82, 2.24) is 0 Å². The predicted octanol–water partition coefficient (Wildman–Crippen LogP) is 3.82. The molecule has 2 aromatic carbocycles. The van der Waals surface area contributed by atoms with E-state index in [1.54, 1.807) is 26.0 Å². The molecule has 0 atom stereocenters. The number of aryl methyl sites for hydroxylation is 2. The van der Waals surface area contributed by atoms with Crippen LogP contribution in [0.15, 0.2) is 30.3 Å². The zero-order valence-electron chi connectivity index (χ0n) is 11.5. The van der Waals surface area contributed by atoms with Crippen molar-refractivity contribution in [2.24, 2.45) is 0 Å². The van der Waals surface area contributed by atoms with Gasteiger partial charge in [0.25, 0.3) is 0 Å². The molecule has 20 heavy (non-hydrogen) atoms. The topological polar surface area (TPSA) is 26.3 Å². The monoisotopic (exact) mass is 276 g/mol. The average molecular weight is 276 g/mol. The Morgan fingerprint density at radius 3 is 2.20 bits per heavy atom. The number of halogens is 2. The summed E-state index contributed by atoms with van der Waals surface area (Å²) in [7, 11) is 1.53. The molecule has 0 fully saturated rings. The first-order valence-corrected chi connectivity index (χ1v) is 6.09. The van der Waals surface area contributed by atoms with Crippen molar-refractivity contribution in [3.8, 4) is 5.75 Å². The third-order valence-corrected chi connectivity index (χ3v) is 3.18. The Kier molecular flexibility index (Phi) is 3.84. The first-order valence-electron chi connectivity index (χ1n) is 6.09. The third-order valence-electron chi connectivity index (χ3n) is 3.18. The summed E-state index contributed by atoms with van der Waals surface area (Å²) in [4.78, 5) is 12.3. The van der Waals surface area contributed by atoms with Crippen molar-refractivity contribution in [2.45, 2.75) is 13.8 Å². The number of ketones is 1. The molecular weight excluding hydrogens is 262 g/mol. The van der Waals surface area contributed by atoms with Gasteiger partial charge in [-0.1, -0.05) is 6.07 Å². The maximum absolute atomic E-state index is 13.7. The first-order chi connectivity index (χ1) is 9.45. The molecule has 2 nitrogen and oxygen atoms in total. The van der Waals surface area contributed by atoms with Gasteiger partial charge in [0, 0.05) is 5.56 Å². The highest BCUT2D eigenvalue weighted by Crippen LogP contribution is 2.25. The molecule has 4 heteroatoms. The number of hydrogen-bond acceptors (Lipinski definition) is 2. The molecule has 2 rings (SSSR count). The van der Waals surface area contributed by atoms with E-state index in [4.69, 9.17) is 4.74 Å². The van der Waals surface area contributed by atoms with Crippen molar-refractivity contribution >= 4 is 5.78 Å². The third kappa shape index (κ3) is 2.41. The van der Waals surface area contributed by atoms with E-state index >= 15 is 0 Å². The smallest absolute Gasteiger partial charge is 0.199 e. The fourth-order valence-corrected chi connectivity index (χ4v) is 2.10. The van der Waals surface area contributed by atoms with Gasteiger partial charge in [-0.3, -0.25) is 4.79 Å². The van der Waals surface area contributed by atoms with Gasteiger partial charge in [0.2, 0.25) is 0 Å². The van der Waals surface area contributed by atoms with Crippen molar-refractivity contribution in [1.29, 1.82) is 0 Å². The fourth-order valence-electron chi connectivity index (χ4n) is 2.10. The Labute approximate surface area is 116 Å². The molecule has 0 bridgehead atoms. The summed E-state index contributed by atoms with van der Waals surface area (Å²) in [5.41, 5.74) is 1.09. The van der Waals surface area contributed by atoms with E-state index in [1.807, 2.05) is 0 Å². The molecule has 0 aliphatic heterocycles. The van der Waals surface area contributed by atoms with Crippen LogP contribution >= 0.6 is 0 Å². The van der Waals surface area contributed by atoms with Crippen molar-refractivity contribution in [3.63, 3.8) is 0 Å². The van der Waals surface area contributed by atoms with Crippen LogP contribution in [0.4, 0.5) is 8.78 Å². The lowest BCUT2D eigenvalue weighted by atomic mass is 9.96. The van der Waals surface area contributed by atoms with Crippen LogP contribution < -0.4 is 4.74 Å². The van der Waals surface area contributed by atoms with Gasteiger partial charge in [0.05, 0.1) is 12.7 Å². The predicted molar refractivity (Wildman–Crippen MR) is 72.3 cm³/mol. The first kappa shape index (κ1) is 14.2. The fraction of sp³-hybridized carbons (Fsp3) is 0.188. The van der Waals surface area contributed by atoms with Crippen LogP contribution in [0.3, 0.4) is 0 Å². The lowest BCUT2D eigenvalue weighted by Crippen LogP contribution is -2.09. The summed E-state index contributed by atoms with van der Waals surface area (Å²) < 4.78 is 32.5. The summed E-state index contributed by atoms with van der Waals surface area (Å²) in [5.74, 6) is -1.75. The normalized spacial score (nSPS) is 10.4. The molecular formula is C16H14F2O2. The van der Waals surface area contributed by atoms with Crippen LogP contribution in [0, 0.1) is 25.5 Å². The zero-order valence-corrected chi connectivity index (χ0v) is 11.5. The minimum Gasteiger partial charge on any atom is -0.496 e. The van der Waals surface area contributed by atoms with Gasteiger partial charge in [-0.05, 0) is 49.2 Å². The van der Waals surface area contributed by atoms with Gasteiger partial charge < -0.3 is 4.74 Å². The van der Waals surface area contributed by atoms with E-state index in [0.717, 1.165) is 17.7 Å². The van der Waals surface area contributed by atoms with E-state index in [9.17, 15) is 13.6 Å². The van der Waals surface area contributed by atoms with Crippen LogP contribution in [0.25, 0.3) is 0 Å². The highest BCUT2D eigenvalue weighted by molar-refractivity contribution is 6.10. The van der Waals surface area contributed by atoms with Gasteiger partial charge in [0.15, 0.2) is 5.78 Å². The van der Waals surface area contributed by atoms with E-state index in [0.29, 0.717) is 11.3 Å². The van der Waals surface area contributed by atoms with Crippen LogP contribution in [0.5, 0.6) is 5.75 Å². The summed E-state index contributed by atoms with van der Waals surface area (Å²) in [6.45, 7) is 3.47. The molecule has 0 radical (unpaired) electrons. The molecule has 0 aliphatic carbocycles. The lowest BCUT2D eigenvalue weighted by Gasteiger charge is -2.11. The Balaban J connectivity index is 2.57. The maximum atomic E-state index is 13.7. The average Bonchev–Trinajstić information content (AvgIpc) is 2.40. The number of methoxy groups -OCH3 is 1. The number of rotatable bonds is 3.